The van der Waals surface area contributed by atoms with Crippen LogP contribution in [0.15, 0.2) is 82.3 Å². The summed E-state index contributed by atoms with van der Waals surface area (Å²) in [7, 11) is -2.33. The van der Waals surface area contributed by atoms with E-state index in [4.69, 9.17) is 9.15 Å². The van der Waals surface area contributed by atoms with Gasteiger partial charge in [0.1, 0.15) is 5.76 Å². The molecule has 168 valence electrons. The molecule has 0 saturated carbocycles. The molecule has 0 atom stereocenters. The number of carbonyl (C=O) groups excluding carboxylic acids is 2. The molecule has 0 saturated heterocycles. The number of amides is 1. The monoisotopic (exact) mass is 456 g/mol. The minimum absolute atomic E-state index is 0.0386. The number of carbonyl (C=O) groups is 2. The number of para-hydroxylation sites is 1. The SMILES string of the molecule is CCN(c1ccccc1)S(=O)(=O)c1cccc(C(=O)OCC(=O)N(C)Cc2ccco2)c1. The number of esters is 1. The van der Waals surface area contributed by atoms with Crippen molar-refractivity contribution < 1.29 is 27.2 Å². The van der Waals surface area contributed by atoms with E-state index in [1.807, 2.05) is 0 Å². The van der Waals surface area contributed by atoms with Crippen LogP contribution in [0.2, 0.25) is 0 Å². The predicted octanol–water partition coefficient (Wildman–Crippen LogP) is 3.31. The van der Waals surface area contributed by atoms with Gasteiger partial charge in [-0.15, -0.1) is 0 Å². The molecule has 0 unspecified atom stereocenters. The number of hydrogen-bond donors (Lipinski definition) is 0. The second-order valence-corrected chi connectivity index (χ2v) is 8.80. The number of anilines is 1. The van der Waals surface area contributed by atoms with E-state index >= 15 is 0 Å². The van der Waals surface area contributed by atoms with E-state index in [2.05, 4.69) is 0 Å². The summed E-state index contributed by atoms with van der Waals surface area (Å²) in [6, 6.07) is 17.7. The van der Waals surface area contributed by atoms with Crippen LogP contribution in [-0.2, 0) is 26.1 Å². The van der Waals surface area contributed by atoms with Gasteiger partial charge in [-0.1, -0.05) is 24.3 Å². The third kappa shape index (κ3) is 5.36. The summed E-state index contributed by atoms with van der Waals surface area (Å²) < 4.78 is 37.8. The van der Waals surface area contributed by atoms with E-state index in [1.54, 1.807) is 56.4 Å². The summed E-state index contributed by atoms with van der Waals surface area (Å²) in [4.78, 5) is 26.0. The first-order valence-corrected chi connectivity index (χ1v) is 11.4. The molecule has 0 spiro atoms. The quantitative estimate of drug-likeness (QED) is 0.458. The number of rotatable bonds is 9. The minimum atomic E-state index is -3.89. The highest BCUT2D eigenvalue weighted by atomic mass is 32.2. The smallest absolute Gasteiger partial charge is 0.338 e. The van der Waals surface area contributed by atoms with Gasteiger partial charge in [-0.05, 0) is 49.4 Å². The molecule has 32 heavy (non-hydrogen) atoms. The Bertz CT molecular complexity index is 1160. The Morgan fingerprint density at radius 3 is 2.41 bits per heavy atom. The van der Waals surface area contributed by atoms with Gasteiger partial charge in [-0.25, -0.2) is 13.2 Å². The molecule has 0 fully saturated rings. The summed E-state index contributed by atoms with van der Waals surface area (Å²) in [5.41, 5.74) is 0.560. The molecule has 3 rings (SSSR count). The molecule has 0 N–H and O–H groups in total. The van der Waals surface area contributed by atoms with E-state index in [1.165, 1.54) is 39.7 Å². The van der Waals surface area contributed by atoms with Gasteiger partial charge < -0.3 is 14.1 Å². The van der Waals surface area contributed by atoms with E-state index in [-0.39, 0.29) is 23.5 Å². The van der Waals surface area contributed by atoms with Crippen molar-refractivity contribution in [3.63, 3.8) is 0 Å². The second kappa shape index (κ2) is 10.1. The normalized spacial score (nSPS) is 11.1. The van der Waals surface area contributed by atoms with Crippen LogP contribution in [0.1, 0.15) is 23.0 Å². The van der Waals surface area contributed by atoms with Crippen molar-refractivity contribution in [1.82, 2.24) is 4.90 Å². The first kappa shape index (κ1) is 23.1. The van der Waals surface area contributed by atoms with Crippen molar-refractivity contribution in [1.29, 1.82) is 0 Å². The molecule has 9 heteroatoms. The van der Waals surface area contributed by atoms with Crippen LogP contribution in [0.3, 0.4) is 0 Å². The molecule has 1 heterocycles. The van der Waals surface area contributed by atoms with Crippen molar-refractivity contribution in [2.45, 2.75) is 18.4 Å². The molecule has 0 bridgehead atoms. The molecule has 0 aliphatic rings. The Kier molecular flexibility index (Phi) is 7.32. The Morgan fingerprint density at radius 2 is 1.75 bits per heavy atom. The van der Waals surface area contributed by atoms with Gasteiger partial charge in [0.15, 0.2) is 6.61 Å². The Morgan fingerprint density at radius 1 is 1.00 bits per heavy atom. The van der Waals surface area contributed by atoms with Gasteiger partial charge in [-0.3, -0.25) is 9.10 Å². The molecule has 1 aromatic heterocycles. The van der Waals surface area contributed by atoms with Crippen molar-refractivity contribution in [2.24, 2.45) is 0 Å². The Labute approximate surface area is 187 Å². The summed E-state index contributed by atoms with van der Waals surface area (Å²) in [6.45, 7) is 1.71. The van der Waals surface area contributed by atoms with E-state index < -0.39 is 28.5 Å². The van der Waals surface area contributed by atoms with Crippen LogP contribution in [0.25, 0.3) is 0 Å². The molecule has 0 aliphatic heterocycles. The fraction of sp³-hybridized carbons (Fsp3) is 0.217. The topological polar surface area (TPSA) is 97.1 Å². The van der Waals surface area contributed by atoms with Crippen LogP contribution in [0.5, 0.6) is 0 Å². The number of likely N-dealkylation sites (N-methyl/N-ethyl adjacent to an activating group) is 1. The number of nitrogens with zero attached hydrogens (tertiary/aromatic N) is 2. The molecule has 1 amide bonds. The number of hydrogen-bond acceptors (Lipinski definition) is 6. The van der Waals surface area contributed by atoms with Crippen molar-refractivity contribution >= 4 is 27.6 Å². The van der Waals surface area contributed by atoms with Crippen molar-refractivity contribution in [3.8, 4) is 0 Å². The Balaban J connectivity index is 1.69. The van der Waals surface area contributed by atoms with Gasteiger partial charge in [0.05, 0.1) is 29.0 Å². The minimum Gasteiger partial charge on any atom is -0.467 e. The third-order valence-corrected chi connectivity index (χ3v) is 6.61. The van der Waals surface area contributed by atoms with Crippen LogP contribution < -0.4 is 4.31 Å². The number of benzene rings is 2. The van der Waals surface area contributed by atoms with Crippen molar-refractivity contribution in [3.05, 3.63) is 84.3 Å². The lowest BCUT2D eigenvalue weighted by molar-refractivity contribution is -0.133. The lowest BCUT2D eigenvalue weighted by Crippen LogP contribution is -2.31. The van der Waals surface area contributed by atoms with Crippen molar-refractivity contribution in [2.75, 3.05) is 24.5 Å². The third-order valence-electron chi connectivity index (χ3n) is 4.71. The van der Waals surface area contributed by atoms with Gasteiger partial charge in [0.2, 0.25) is 0 Å². The van der Waals surface area contributed by atoms with Gasteiger partial charge in [0.25, 0.3) is 15.9 Å². The summed E-state index contributed by atoms with van der Waals surface area (Å²) in [5, 5.41) is 0. The zero-order chi connectivity index (χ0) is 23.1. The molecular formula is C23H24N2O6S. The second-order valence-electron chi connectivity index (χ2n) is 6.94. The highest BCUT2D eigenvalue weighted by Gasteiger charge is 2.25. The molecule has 0 aliphatic carbocycles. The molecule has 0 radical (unpaired) electrons. The van der Waals surface area contributed by atoms with Crippen LogP contribution in [0.4, 0.5) is 5.69 Å². The fourth-order valence-corrected chi connectivity index (χ4v) is 4.56. The Hall–Kier alpha value is -3.59. The molecule has 2 aromatic carbocycles. The van der Waals surface area contributed by atoms with Gasteiger partial charge >= 0.3 is 5.97 Å². The maximum atomic E-state index is 13.1. The summed E-state index contributed by atoms with van der Waals surface area (Å²) in [5.74, 6) is -0.603. The molecule has 3 aromatic rings. The number of ether oxygens (including phenoxy) is 1. The first-order valence-electron chi connectivity index (χ1n) is 9.94. The first-order chi connectivity index (χ1) is 15.3. The summed E-state index contributed by atoms with van der Waals surface area (Å²) >= 11 is 0. The maximum Gasteiger partial charge on any atom is 0.338 e. The number of furan rings is 1. The van der Waals surface area contributed by atoms with Crippen LogP contribution in [-0.4, -0.2) is 45.4 Å². The largest absolute Gasteiger partial charge is 0.467 e. The lowest BCUT2D eigenvalue weighted by Gasteiger charge is -2.23. The zero-order valence-corrected chi connectivity index (χ0v) is 18.6. The van der Waals surface area contributed by atoms with E-state index in [0.29, 0.717) is 11.4 Å². The number of sulfonamides is 1. The van der Waals surface area contributed by atoms with E-state index in [9.17, 15) is 18.0 Å². The van der Waals surface area contributed by atoms with Crippen LogP contribution in [0, 0.1) is 0 Å². The molecular weight excluding hydrogens is 432 g/mol. The fourth-order valence-electron chi connectivity index (χ4n) is 3.04. The molecule has 8 nitrogen and oxygen atoms in total. The predicted molar refractivity (Wildman–Crippen MR) is 119 cm³/mol. The standard InChI is InChI=1S/C23H24N2O6S/c1-3-25(19-10-5-4-6-11-19)32(28,29)21-13-7-9-18(15-21)23(27)31-17-22(26)24(2)16-20-12-8-14-30-20/h4-15H,3,16-17H2,1-2H3. The highest BCUT2D eigenvalue weighted by molar-refractivity contribution is 7.92. The average Bonchev–Trinajstić information content (AvgIpc) is 3.31. The van der Waals surface area contributed by atoms with Crippen LogP contribution >= 0.6 is 0 Å². The van der Waals surface area contributed by atoms with Gasteiger partial charge in [-0.2, -0.15) is 0 Å². The lowest BCUT2D eigenvalue weighted by atomic mass is 10.2. The van der Waals surface area contributed by atoms with Gasteiger partial charge in [0, 0.05) is 13.6 Å². The highest BCUT2D eigenvalue weighted by Crippen LogP contribution is 2.24. The maximum absolute atomic E-state index is 13.1. The summed E-state index contributed by atoms with van der Waals surface area (Å²) in [6.07, 6.45) is 1.51. The van der Waals surface area contributed by atoms with E-state index in [0.717, 1.165) is 0 Å². The zero-order valence-electron chi connectivity index (χ0n) is 17.8. The average molecular weight is 457 g/mol.